The van der Waals surface area contributed by atoms with Gasteiger partial charge in [0.2, 0.25) is 5.91 Å². The maximum absolute atomic E-state index is 10.9. The van der Waals surface area contributed by atoms with Crippen molar-refractivity contribution in [2.45, 2.75) is 20.3 Å². The minimum atomic E-state index is -0.248. The van der Waals surface area contributed by atoms with Crippen LogP contribution in [0.4, 0.5) is 0 Å². The van der Waals surface area contributed by atoms with Gasteiger partial charge in [0, 0.05) is 30.9 Å². The van der Waals surface area contributed by atoms with Crippen LogP contribution in [0.15, 0.2) is 0 Å². The van der Waals surface area contributed by atoms with E-state index in [9.17, 15) is 4.79 Å². The molecule has 2 N–H and O–H groups in total. The van der Waals surface area contributed by atoms with Crippen LogP contribution in [-0.2, 0) is 4.79 Å². The van der Waals surface area contributed by atoms with Gasteiger partial charge in [-0.25, -0.2) is 0 Å². The third kappa shape index (κ3) is 5.38. The number of carbonyl (C=O) groups is 1. The smallest absolute Gasteiger partial charge is 0.221 e. The molecule has 0 saturated carbocycles. The van der Waals surface area contributed by atoms with Gasteiger partial charge in [-0.05, 0) is 0 Å². The number of nitrogens with one attached hydrogen (secondary N) is 1. The maximum atomic E-state index is 10.9. The lowest BCUT2D eigenvalue weighted by Gasteiger charge is -2.21. The normalized spacial score (nSPS) is 11.3. The molecule has 0 bridgehead atoms. The van der Waals surface area contributed by atoms with E-state index in [1.54, 1.807) is 0 Å². The van der Waals surface area contributed by atoms with E-state index in [-0.39, 0.29) is 17.9 Å². The van der Waals surface area contributed by atoms with Crippen molar-refractivity contribution in [3.05, 3.63) is 0 Å². The third-order valence-electron chi connectivity index (χ3n) is 1.51. The molecule has 0 aromatic rings. The Kier molecular flexibility index (Phi) is 5.25. The zero-order valence-corrected chi connectivity index (χ0v) is 8.32. The van der Waals surface area contributed by atoms with Crippen molar-refractivity contribution in [2.24, 2.45) is 5.41 Å². The molecule has 0 aromatic carbocycles. The number of hydrogen-bond donors (Lipinski definition) is 2. The summed E-state index contributed by atoms with van der Waals surface area (Å²) in [6.45, 7) is 4.31. The first-order valence-electron chi connectivity index (χ1n) is 3.95. The van der Waals surface area contributed by atoms with Crippen LogP contribution in [-0.4, -0.2) is 30.0 Å². The van der Waals surface area contributed by atoms with E-state index in [0.29, 0.717) is 18.8 Å². The molecule has 0 heterocycles. The highest BCUT2D eigenvalue weighted by atomic mass is 35.5. The van der Waals surface area contributed by atoms with Gasteiger partial charge in [-0.2, -0.15) is 0 Å². The van der Waals surface area contributed by atoms with E-state index >= 15 is 0 Å². The number of aliphatic hydroxyl groups excluding tert-OH is 1. The van der Waals surface area contributed by atoms with Gasteiger partial charge in [0.1, 0.15) is 0 Å². The summed E-state index contributed by atoms with van der Waals surface area (Å²) in [5, 5.41) is 11.6. The summed E-state index contributed by atoms with van der Waals surface area (Å²) in [5.74, 6) is 0.275. The summed E-state index contributed by atoms with van der Waals surface area (Å²) in [6, 6.07) is 0. The molecule has 0 atom stereocenters. The van der Waals surface area contributed by atoms with E-state index in [4.69, 9.17) is 16.7 Å². The minimum absolute atomic E-state index is 0.0634. The molecule has 0 unspecified atom stereocenters. The SMILES string of the molecule is CC(C)(CO)CNC(=O)CCCl. The molecule has 0 aromatic heterocycles. The quantitative estimate of drug-likeness (QED) is 0.634. The van der Waals surface area contributed by atoms with Crippen LogP contribution in [0, 0.1) is 5.41 Å². The maximum Gasteiger partial charge on any atom is 0.221 e. The minimum Gasteiger partial charge on any atom is -0.396 e. The molecule has 0 aliphatic heterocycles. The Hall–Kier alpha value is -0.280. The summed E-state index contributed by atoms with van der Waals surface area (Å²) in [6.07, 6.45) is 0.336. The largest absolute Gasteiger partial charge is 0.396 e. The average Bonchev–Trinajstić information content (AvgIpc) is 2.02. The molecule has 0 saturated heterocycles. The molecule has 0 spiro atoms. The molecule has 4 heteroatoms. The number of amides is 1. The van der Waals surface area contributed by atoms with Gasteiger partial charge in [-0.15, -0.1) is 11.6 Å². The number of carbonyl (C=O) groups excluding carboxylic acids is 1. The van der Waals surface area contributed by atoms with E-state index in [2.05, 4.69) is 5.32 Å². The van der Waals surface area contributed by atoms with Crippen LogP contribution in [0.3, 0.4) is 0 Å². The Morgan fingerprint density at radius 1 is 1.58 bits per heavy atom. The highest BCUT2D eigenvalue weighted by molar-refractivity contribution is 6.18. The van der Waals surface area contributed by atoms with Gasteiger partial charge in [-0.1, -0.05) is 13.8 Å². The standard InChI is InChI=1S/C8H16ClNO2/c1-8(2,6-11)5-10-7(12)3-4-9/h11H,3-6H2,1-2H3,(H,10,12). The lowest BCUT2D eigenvalue weighted by atomic mass is 9.95. The van der Waals surface area contributed by atoms with E-state index in [1.165, 1.54) is 0 Å². The predicted molar refractivity (Wildman–Crippen MR) is 49.2 cm³/mol. The molecule has 1 amide bonds. The highest BCUT2D eigenvalue weighted by Gasteiger charge is 2.16. The number of halogens is 1. The van der Waals surface area contributed by atoms with Crippen molar-refractivity contribution in [1.29, 1.82) is 0 Å². The Morgan fingerprint density at radius 2 is 2.17 bits per heavy atom. The number of aliphatic hydroxyl groups is 1. The first kappa shape index (κ1) is 11.7. The summed E-state index contributed by atoms with van der Waals surface area (Å²) >= 11 is 5.37. The van der Waals surface area contributed by atoms with Crippen LogP contribution < -0.4 is 5.32 Å². The fourth-order valence-corrected chi connectivity index (χ4v) is 0.740. The third-order valence-corrected chi connectivity index (χ3v) is 1.70. The molecule has 0 rings (SSSR count). The molecular weight excluding hydrogens is 178 g/mol. The first-order valence-corrected chi connectivity index (χ1v) is 4.49. The van der Waals surface area contributed by atoms with Crippen molar-refractivity contribution in [3.63, 3.8) is 0 Å². The topological polar surface area (TPSA) is 49.3 Å². The van der Waals surface area contributed by atoms with Crippen LogP contribution in [0.25, 0.3) is 0 Å². The molecule has 12 heavy (non-hydrogen) atoms. The van der Waals surface area contributed by atoms with Crippen molar-refractivity contribution >= 4 is 17.5 Å². The van der Waals surface area contributed by atoms with Crippen molar-refractivity contribution in [1.82, 2.24) is 5.32 Å². The second kappa shape index (κ2) is 5.38. The summed E-state index contributed by atoms with van der Waals surface area (Å²) in [5.41, 5.74) is -0.248. The van der Waals surface area contributed by atoms with E-state index in [1.807, 2.05) is 13.8 Å². The number of rotatable bonds is 5. The second-order valence-corrected chi connectivity index (χ2v) is 3.92. The first-order chi connectivity index (χ1) is 5.52. The zero-order chi connectivity index (χ0) is 9.61. The van der Waals surface area contributed by atoms with Gasteiger partial charge < -0.3 is 10.4 Å². The van der Waals surface area contributed by atoms with Gasteiger partial charge in [-0.3, -0.25) is 4.79 Å². The van der Waals surface area contributed by atoms with Gasteiger partial charge in [0.05, 0.1) is 0 Å². The fourth-order valence-electron chi connectivity index (χ4n) is 0.568. The molecule has 72 valence electrons. The molecule has 0 aliphatic carbocycles. The lowest BCUT2D eigenvalue weighted by molar-refractivity contribution is -0.121. The summed E-state index contributed by atoms with van der Waals surface area (Å²) < 4.78 is 0. The summed E-state index contributed by atoms with van der Waals surface area (Å²) in [4.78, 5) is 10.9. The molecule has 0 fully saturated rings. The lowest BCUT2D eigenvalue weighted by Crippen LogP contribution is -2.36. The highest BCUT2D eigenvalue weighted by Crippen LogP contribution is 2.10. The van der Waals surface area contributed by atoms with Gasteiger partial charge in [0.25, 0.3) is 0 Å². The number of hydrogen-bond acceptors (Lipinski definition) is 2. The second-order valence-electron chi connectivity index (χ2n) is 3.54. The van der Waals surface area contributed by atoms with E-state index in [0.717, 1.165) is 0 Å². The summed E-state index contributed by atoms with van der Waals surface area (Å²) in [7, 11) is 0. The van der Waals surface area contributed by atoms with Gasteiger partial charge in [0.15, 0.2) is 0 Å². The van der Waals surface area contributed by atoms with Crippen molar-refractivity contribution < 1.29 is 9.90 Å². The molecule has 0 radical (unpaired) electrons. The number of alkyl halides is 1. The van der Waals surface area contributed by atoms with Crippen LogP contribution in [0.5, 0.6) is 0 Å². The Morgan fingerprint density at radius 3 is 2.58 bits per heavy atom. The Bertz CT molecular complexity index is 148. The van der Waals surface area contributed by atoms with Gasteiger partial charge >= 0.3 is 0 Å². The van der Waals surface area contributed by atoms with Crippen LogP contribution in [0.1, 0.15) is 20.3 Å². The molecule has 0 aliphatic rings. The monoisotopic (exact) mass is 193 g/mol. The Labute approximate surface area is 78.1 Å². The van der Waals surface area contributed by atoms with Crippen molar-refractivity contribution in [3.8, 4) is 0 Å². The van der Waals surface area contributed by atoms with Crippen LogP contribution >= 0.6 is 11.6 Å². The Balaban J connectivity index is 3.60. The fraction of sp³-hybridized carbons (Fsp3) is 0.875. The zero-order valence-electron chi connectivity index (χ0n) is 7.56. The molecular formula is C8H16ClNO2. The molecule has 3 nitrogen and oxygen atoms in total. The average molecular weight is 194 g/mol. The van der Waals surface area contributed by atoms with E-state index < -0.39 is 0 Å². The van der Waals surface area contributed by atoms with Crippen molar-refractivity contribution in [2.75, 3.05) is 19.0 Å². The predicted octanol–water partition coefficient (Wildman–Crippen LogP) is 0.750. The van der Waals surface area contributed by atoms with Crippen LogP contribution in [0.2, 0.25) is 0 Å².